The van der Waals surface area contributed by atoms with Crippen LogP contribution < -0.4 is 15.4 Å². The summed E-state index contributed by atoms with van der Waals surface area (Å²) in [6.07, 6.45) is 3.07. The zero-order valence-electron chi connectivity index (χ0n) is 17.7. The number of nitrogens with zero attached hydrogens (tertiary/aromatic N) is 2. The summed E-state index contributed by atoms with van der Waals surface area (Å²) >= 11 is 0. The molecule has 9 nitrogen and oxygen atoms in total. The second-order valence-electron chi connectivity index (χ2n) is 7.25. The van der Waals surface area contributed by atoms with E-state index in [1.54, 1.807) is 54.7 Å². The number of imide groups is 1. The van der Waals surface area contributed by atoms with Crippen LogP contribution in [0.2, 0.25) is 0 Å². The molecular weight excluding hydrogens is 424 g/mol. The third-order valence-corrected chi connectivity index (χ3v) is 5.08. The minimum Gasteiger partial charge on any atom is -0.496 e. The van der Waals surface area contributed by atoms with Crippen molar-refractivity contribution in [2.24, 2.45) is 0 Å². The molecule has 9 heteroatoms. The molecule has 0 saturated heterocycles. The normalized spacial score (nSPS) is 12.3. The molecule has 0 spiro atoms. The van der Waals surface area contributed by atoms with Crippen molar-refractivity contribution in [1.82, 2.24) is 15.2 Å². The number of benzene rings is 2. The summed E-state index contributed by atoms with van der Waals surface area (Å²) in [4.78, 5) is 55.2. The first-order chi connectivity index (χ1) is 16.0. The molecule has 3 aromatic rings. The number of hydrogen-bond acceptors (Lipinski definition) is 6. The number of carbonyl (C=O) groups is 4. The van der Waals surface area contributed by atoms with Gasteiger partial charge in [-0.2, -0.15) is 0 Å². The van der Waals surface area contributed by atoms with Gasteiger partial charge >= 0.3 is 0 Å². The van der Waals surface area contributed by atoms with E-state index in [1.807, 2.05) is 0 Å². The number of aromatic nitrogens is 1. The van der Waals surface area contributed by atoms with Crippen LogP contribution in [0.15, 0.2) is 67.0 Å². The standard InChI is InChI=1S/C24H20N4O5/c1-33-20-9-8-15(14-28-23(31)17-6-2-3-7-18(17)24(28)32)11-19(20)22(30)26-13-21(29)27-16-5-4-10-25-12-16/h2-12H,13-14H2,1H3,(H,26,30)(H,27,29). The summed E-state index contributed by atoms with van der Waals surface area (Å²) in [7, 11) is 1.42. The summed E-state index contributed by atoms with van der Waals surface area (Å²) in [5.41, 5.74) is 1.97. The maximum atomic E-state index is 12.7. The number of hydrogen-bond donors (Lipinski definition) is 2. The highest BCUT2D eigenvalue weighted by molar-refractivity contribution is 6.21. The number of nitrogens with one attached hydrogen (secondary N) is 2. The number of anilines is 1. The Labute approximate surface area is 189 Å². The summed E-state index contributed by atoms with van der Waals surface area (Å²) in [6, 6.07) is 14.8. The lowest BCUT2D eigenvalue weighted by atomic mass is 10.1. The summed E-state index contributed by atoms with van der Waals surface area (Å²) in [5.74, 6) is -1.42. The highest BCUT2D eigenvalue weighted by Gasteiger charge is 2.35. The number of methoxy groups -OCH3 is 1. The molecule has 0 atom stereocenters. The number of pyridine rings is 1. The summed E-state index contributed by atoms with van der Waals surface area (Å²) < 4.78 is 5.27. The monoisotopic (exact) mass is 444 g/mol. The minimum absolute atomic E-state index is 0.00187. The van der Waals surface area contributed by atoms with E-state index in [0.29, 0.717) is 28.1 Å². The Morgan fingerprint density at radius 1 is 1.00 bits per heavy atom. The average molecular weight is 444 g/mol. The van der Waals surface area contributed by atoms with E-state index in [9.17, 15) is 19.2 Å². The summed E-state index contributed by atoms with van der Waals surface area (Å²) in [5, 5.41) is 5.17. The van der Waals surface area contributed by atoms with Gasteiger partial charge < -0.3 is 15.4 Å². The molecule has 33 heavy (non-hydrogen) atoms. The van der Waals surface area contributed by atoms with Crippen molar-refractivity contribution in [3.63, 3.8) is 0 Å². The van der Waals surface area contributed by atoms with E-state index in [0.717, 1.165) is 4.90 Å². The quantitative estimate of drug-likeness (QED) is 0.540. The van der Waals surface area contributed by atoms with Gasteiger partial charge in [-0.25, -0.2) is 0 Å². The van der Waals surface area contributed by atoms with Crippen LogP contribution >= 0.6 is 0 Å². The molecule has 0 bridgehead atoms. The number of rotatable bonds is 7. The van der Waals surface area contributed by atoms with Gasteiger partial charge in [-0.05, 0) is 42.0 Å². The van der Waals surface area contributed by atoms with Crippen LogP contribution in [0.5, 0.6) is 5.75 Å². The summed E-state index contributed by atoms with van der Waals surface area (Å²) in [6.45, 7) is -0.266. The second kappa shape index (κ2) is 9.31. The van der Waals surface area contributed by atoms with Crippen molar-refractivity contribution in [3.05, 3.63) is 89.2 Å². The third kappa shape index (κ3) is 4.57. The highest BCUT2D eigenvalue weighted by Crippen LogP contribution is 2.26. The first kappa shape index (κ1) is 21.7. The molecule has 0 aliphatic carbocycles. The van der Waals surface area contributed by atoms with Gasteiger partial charge in [0.25, 0.3) is 17.7 Å². The smallest absolute Gasteiger partial charge is 0.261 e. The van der Waals surface area contributed by atoms with E-state index >= 15 is 0 Å². The molecule has 0 saturated carbocycles. The van der Waals surface area contributed by atoms with Gasteiger partial charge in [-0.15, -0.1) is 0 Å². The number of ether oxygens (including phenoxy) is 1. The van der Waals surface area contributed by atoms with E-state index in [-0.39, 0.29) is 30.5 Å². The van der Waals surface area contributed by atoms with E-state index < -0.39 is 11.8 Å². The van der Waals surface area contributed by atoms with Gasteiger partial charge in [0.05, 0.1) is 48.8 Å². The van der Waals surface area contributed by atoms with Gasteiger partial charge in [0, 0.05) is 6.20 Å². The van der Waals surface area contributed by atoms with Crippen LogP contribution in [-0.2, 0) is 11.3 Å². The Morgan fingerprint density at radius 2 is 1.73 bits per heavy atom. The first-order valence-corrected chi connectivity index (χ1v) is 10.1. The zero-order valence-corrected chi connectivity index (χ0v) is 17.7. The van der Waals surface area contributed by atoms with Crippen molar-refractivity contribution in [3.8, 4) is 5.75 Å². The van der Waals surface area contributed by atoms with Crippen LogP contribution in [0, 0.1) is 0 Å². The molecular formula is C24H20N4O5. The van der Waals surface area contributed by atoms with Crippen molar-refractivity contribution in [1.29, 1.82) is 0 Å². The SMILES string of the molecule is COc1ccc(CN2C(=O)c3ccccc3C2=O)cc1C(=O)NCC(=O)Nc1cccnc1. The highest BCUT2D eigenvalue weighted by atomic mass is 16.5. The largest absolute Gasteiger partial charge is 0.496 e. The Kier molecular flexibility index (Phi) is 6.12. The zero-order chi connectivity index (χ0) is 23.4. The van der Waals surface area contributed by atoms with Crippen molar-refractivity contribution < 1.29 is 23.9 Å². The molecule has 0 unspecified atom stereocenters. The molecule has 4 amide bonds. The first-order valence-electron chi connectivity index (χ1n) is 10.1. The molecule has 166 valence electrons. The van der Waals surface area contributed by atoms with Crippen LogP contribution in [0.25, 0.3) is 0 Å². The van der Waals surface area contributed by atoms with Crippen LogP contribution in [0.4, 0.5) is 5.69 Å². The lowest BCUT2D eigenvalue weighted by molar-refractivity contribution is -0.115. The molecule has 1 aliphatic heterocycles. The molecule has 2 aromatic carbocycles. The van der Waals surface area contributed by atoms with E-state index in [4.69, 9.17) is 4.74 Å². The predicted molar refractivity (Wildman–Crippen MR) is 119 cm³/mol. The molecule has 0 radical (unpaired) electrons. The van der Waals surface area contributed by atoms with Gasteiger partial charge in [0.1, 0.15) is 5.75 Å². The maximum Gasteiger partial charge on any atom is 0.261 e. The van der Waals surface area contributed by atoms with Crippen LogP contribution in [0.1, 0.15) is 36.6 Å². The van der Waals surface area contributed by atoms with Gasteiger partial charge in [0.15, 0.2) is 0 Å². The molecule has 2 heterocycles. The maximum absolute atomic E-state index is 12.7. The van der Waals surface area contributed by atoms with Gasteiger partial charge in [-0.3, -0.25) is 29.1 Å². The lowest BCUT2D eigenvalue weighted by Gasteiger charge is -2.16. The Bertz CT molecular complexity index is 1210. The second-order valence-corrected chi connectivity index (χ2v) is 7.25. The fourth-order valence-corrected chi connectivity index (χ4v) is 3.49. The lowest BCUT2D eigenvalue weighted by Crippen LogP contribution is -2.33. The molecule has 1 aliphatic rings. The van der Waals surface area contributed by atoms with Crippen molar-refractivity contribution >= 4 is 29.3 Å². The van der Waals surface area contributed by atoms with Crippen molar-refractivity contribution in [2.45, 2.75) is 6.54 Å². The average Bonchev–Trinajstić information content (AvgIpc) is 3.08. The molecule has 1 aromatic heterocycles. The molecule has 4 rings (SSSR count). The topological polar surface area (TPSA) is 118 Å². The van der Waals surface area contributed by atoms with Gasteiger partial charge in [-0.1, -0.05) is 18.2 Å². The Morgan fingerprint density at radius 3 is 2.36 bits per heavy atom. The number of amides is 4. The fourth-order valence-electron chi connectivity index (χ4n) is 3.49. The van der Waals surface area contributed by atoms with Crippen LogP contribution in [0.3, 0.4) is 0 Å². The van der Waals surface area contributed by atoms with Crippen molar-refractivity contribution in [2.75, 3.05) is 19.0 Å². The molecule has 0 fully saturated rings. The van der Waals surface area contributed by atoms with E-state index in [1.165, 1.54) is 19.4 Å². The minimum atomic E-state index is -0.530. The Balaban J connectivity index is 1.45. The fraction of sp³-hybridized carbons (Fsp3) is 0.125. The predicted octanol–water partition coefficient (Wildman–Crippen LogP) is 2.25. The van der Waals surface area contributed by atoms with Crippen LogP contribution in [-0.4, -0.2) is 47.2 Å². The molecule has 2 N–H and O–H groups in total. The van der Waals surface area contributed by atoms with Gasteiger partial charge in [0.2, 0.25) is 5.91 Å². The number of fused-ring (bicyclic) bond motifs is 1. The Hall–Kier alpha value is -4.53. The number of carbonyl (C=O) groups excluding carboxylic acids is 4. The van der Waals surface area contributed by atoms with E-state index in [2.05, 4.69) is 15.6 Å². The third-order valence-electron chi connectivity index (χ3n) is 5.08.